The van der Waals surface area contributed by atoms with Gasteiger partial charge in [-0.05, 0) is 43.2 Å². The number of nitrogens with one attached hydrogen (secondary N) is 1. The molecule has 0 radical (unpaired) electrons. The topological polar surface area (TPSA) is 75.3 Å². The van der Waals surface area contributed by atoms with Crippen LogP contribution in [0, 0.1) is 11.7 Å². The summed E-state index contributed by atoms with van der Waals surface area (Å²) in [6, 6.07) is 15.0. The number of likely N-dealkylation sites (tertiary alicyclic amines) is 1. The molecule has 1 N–H and O–H groups in total. The number of hydrogen-bond donors (Lipinski definition) is 1. The summed E-state index contributed by atoms with van der Waals surface area (Å²) in [5, 5.41) is 6.80. The van der Waals surface area contributed by atoms with Crippen molar-refractivity contribution < 1.29 is 18.7 Å². The Balaban J connectivity index is 1.50. The number of aromatic amines is 1. The second-order valence-corrected chi connectivity index (χ2v) is 7.30. The van der Waals surface area contributed by atoms with Gasteiger partial charge in [0.25, 0.3) is 5.91 Å². The van der Waals surface area contributed by atoms with Crippen LogP contribution in [0.4, 0.5) is 4.39 Å². The Kier molecular flexibility index (Phi) is 5.61. The number of H-pyrrole nitrogens is 1. The summed E-state index contributed by atoms with van der Waals surface area (Å²) < 4.78 is 19.3. The summed E-state index contributed by atoms with van der Waals surface area (Å²) >= 11 is 0. The van der Waals surface area contributed by atoms with E-state index in [9.17, 15) is 14.0 Å². The molecule has 1 amide bonds. The highest BCUT2D eigenvalue weighted by Crippen LogP contribution is 2.27. The van der Waals surface area contributed by atoms with Crippen LogP contribution in [-0.2, 0) is 0 Å². The molecule has 4 rings (SSSR count). The highest BCUT2D eigenvalue weighted by molar-refractivity contribution is 6.01. The zero-order valence-electron chi connectivity index (χ0n) is 16.6. The van der Waals surface area contributed by atoms with Gasteiger partial charge in [0, 0.05) is 24.6 Å². The molecule has 30 heavy (non-hydrogen) atoms. The number of rotatable bonds is 5. The van der Waals surface area contributed by atoms with Crippen LogP contribution in [0.25, 0.3) is 11.3 Å². The standard InChI is InChI=1S/C23H22FN3O3/c1-30-21-11-5-3-9-17(21)22(28)15-7-6-12-27(14-15)23(29)20-13-19(25-26-20)16-8-2-4-10-18(16)24/h2-5,8-11,13,15H,6-7,12,14H2,1H3,(H,25,26)/t15-/m0/s1. The zero-order chi connectivity index (χ0) is 21.1. The Morgan fingerprint density at radius 1 is 1.17 bits per heavy atom. The summed E-state index contributed by atoms with van der Waals surface area (Å²) in [4.78, 5) is 27.7. The molecule has 0 aliphatic carbocycles. The average Bonchev–Trinajstić information content (AvgIpc) is 3.28. The minimum absolute atomic E-state index is 0.0263. The molecule has 154 valence electrons. The average molecular weight is 407 g/mol. The Bertz CT molecular complexity index is 1080. The number of halogens is 1. The summed E-state index contributed by atoms with van der Waals surface area (Å²) in [6.45, 7) is 0.881. The number of carbonyl (C=O) groups excluding carboxylic acids is 2. The monoisotopic (exact) mass is 407 g/mol. The predicted octanol–water partition coefficient (Wildman–Crippen LogP) is 3.96. The minimum Gasteiger partial charge on any atom is -0.496 e. The maximum absolute atomic E-state index is 14.0. The Labute approximate surface area is 173 Å². The van der Waals surface area contributed by atoms with E-state index in [2.05, 4.69) is 10.2 Å². The number of ketones is 1. The second kappa shape index (κ2) is 8.49. The number of amides is 1. The van der Waals surface area contributed by atoms with Gasteiger partial charge in [-0.2, -0.15) is 5.10 Å². The van der Waals surface area contributed by atoms with Crippen molar-refractivity contribution in [3.8, 4) is 17.0 Å². The predicted molar refractivity (Wildman–Crippen MR) is 110 cm³/mol. The number of piperidine rings is 1. The van der Waals surface area contributed by atoms with Crippen LogP contribution in [0.5, 0.6) is 5.75 Å². The van der Waals surface area contributed by atoms with Crippen LogP contribution in [-0.4, -0.2) is 47.0 Å². The third-order valence-corrected chi connectivity index (χ3v) is 5.41. The van der Waals surface area contributed by atoms with E-state index in [4.69, 9.17) is 4.74 Å². The number of Topliss-reactive ketones (excluding diaryl/α,β-unsaturated/α-hetero) is 1. The molecule has 2 heterocycles. The highest BCUT2D eigenvalue weighted by Gasteiger charge is 2.31. The first-order valence-corrected chi connectivity index (χ1v) is 9.85. The van der Waals surface area contributed by atoms with Crippen LogP contribution in [0.2, 0.25) is 0 Å². The molecule has 1 atom stereocenters. The van der Waals surface area contributed by atoms with Gasteiger partial charge in [-0.25, -0.2) is 4.39 Å². The van der Waals surface area contributed by atoms with Gasteiger partial charge in [0.15, 0.2) is 5.78 Å². The summed E-state index contributed by atoms with van der Waals surface area (Å²) in [5.74, 6) is -0.435. The van der Waals surface area contributed by atoms with Crippen molar-refractivity contribution in [2.24, 2.45) is 5.92 Å². The minimum atomic E-state index is -0.400. The third kappa shape index (κ3) is 3.83. The normalized spacial score (nSPS) is 16.3. The number of carbonyl (C=O) groups is 2. The molecule has 1 aliphatic heterocycles. The number of nitrogens with zero attached hydrogens (tertiary/aromatic N) is 2. The molecule has 2 aromatic carbocycles. The van der Waals surface area contributed by atoms with Gasteiger partial charge in [0.05, 0.1) is 18.4 Å². The fourth-order valence-electron chi connectivity index (χ4n) is 3.85. The summed E-state index contributed by atoms with van der Waals surface area (Å²) in [7, 11) is 1.54. The van der Waals surface area contributed by atoms with E-state index in [1.807, 2.05) is 6.07 Å². The number of ether oxygens (including phenoxy) is 1. The first kappa shape index (κ1) is 19.8. The molecule has 0 bridgehead atoms. The van der Waals surface area contributed by atoms with Crippen LogP contribution in [0.1, 0.15) is 33.7 Å². The molecule has 0 saturated carbocycles. The lowest BCUT2D eigenvalue weighted by molar-refractivity contribution is 0.0631. The van der Waals surface area contributed by atoms with E-state index < -0.39 is 5.82 Å². The largest absolute Gasteiger partial charge is 0.496 e. The fraction of sp³-hybridized carbons (Fsp3) is 0.261. The Morgan fingerprint density at radius 3 is 2.73 bits per heavy atom. The van der Waals surface area contributed by atoms with E-state index >= 15 is 0 Å². The zero-order valence-corrected chi connectivity index (χ0v) is 16.6. The van der Waals surface area contributed by atoms with Crippen molar-refractivity contribution >= 4 is 11.7 Å². The van der Waals surface area contributed by atoms with Gasteiger partial charge >= 0.3 is 0 Å². The molecule has 0 spiro atoms. The van der Waals surface area contributed by atoms with Crippen molar-refractivity contribution in [1.82, 2.24) is 15.1 Å². The van der Waals surface area contributed by atoms with Gasteiger partial charge in [-0.15, -0.1) is 0 Å². The number of para-hydroxylation sites is 1. The van der Waals surface area contributed by atoms with E-state index in [1.54, 1.807) is 47.4 Å². The molecule has 6 nitrogen and oxygen atoms in total. The summed E-state index contributed by atoms with van der Waals surface area (Å²) in [5.41, 5.74) is 1.51. The lowest BCUT2D eigenvalue weighted by atomic mass is 9.89. The van der Waals surface area contributed by atoms with E-state index in [1.165, 1.54) is 13.2 Å². The smallest absolute Gasteiger partial charge is 0.271 e. The molecule has 3 aromatic rings. The van der Waals surface area contributed by atoms with Crippen molar-refractivity contribution in [3.05, 3.63) is 71.7 Å². The van der Waals surface area contributed by atoms with Gasteiger partial charge in [0.1, 0.15) is 17.3 Å². The van der Waals surface area contributed by atoms with Crippen LogP contribution >= 0.6 is 0 Å². The molecule has 1 aromatic heterocycles. The highest BCUT2D eigenvalue weighted by atomic mass is 19.1. The maximum atomic E-state index is 14.0. The molecule has 0 unspecified atom stereocenters. The fourth-order valence-corrected chi connectivity index (χ4v) is 3.85. The van der Waals surface area contributed by atoms with Crippen molar-refractivity contribution in [1.29, 1.82) is 0 Å². The van der Waals surface area contributed by atoms with E-state index in [-0.39, 0.29) is 23.3 Å². The lowest BCUT2D eigenvalue weighted by Gasteiger charge is -2.31. The Morgan fingerprint density at radius 2 is 1.93 bits per heavy atom. The lowest BCUT2D eigenvalue weighted by Crippen LogP contribution is -2.42. The van der Waals surface area contributed by atoms with E-state index in [0.717, 1.165) is 6.42 Å². The van der Waals surface area contributed by atoms with Crippen LogP contribution in [0.3, 0.4) is 0 Å². The van der Waals surface area contributed by atoms with E-state index in [0.29, 0.717) is 42.1 Å². The maximum Gasteiger partial charge on any atom is 0.271 e. The van der Waals surface area contributed by atoms with Gasteiger partial charge in [0.2, 0.25) is 0 Å². The second-order valence-electron chi connectivity index (χ2n) is 7.30. The SMILES string of the molecule is COc1ccccc1C(=O)[C@H]1CCCN(C(=O)c2cc(-c3ccccc3F)n[nH]2)C1. The molecule has 1 saturated heterocycles. The number of benzene rings is 2. The first-order valence-electron chi connectivity index (χ1n) is 9.85. The van der Waals surface area contributed by atoms with Crippen molar-refractivity contribution in [2.75, 3.05) is 20.2 Å². The van der Waals surface area contributed by atoms with Crippen molar-refractivity contribution in [3.63, 3.8) is 0 Å². The molecular weight excluding hydrogens is 385 g/mol. The first-order chi connectivity index (χ1) is 14.6. The molecule has 7 heteroatoms. The number of methoxy groups -OCH3 is 1. The van der Waals surface area contributed by atoms with Crippen LogP contribution in [0.15, 0.2) is 54.6 Å². The number of aromatic nitrogens is 2. The third-order valence-electron chi connectivity index (χ3n) is 5.41. The van der Waals surface area contributed by atoms with Gasteiger partial charge < -0.3 is 9.64 Å². The molecular formula is C23H22FN3O3. The number of hydrogen-bond acceptors (Lipinski definition) is 4. The van der Waals surface area contributed by atoms with Gasteiger partial charge in [-0.1, -0.05) is 24.3 Å². The van der Waals surface area contributed by atoms with Crippen LogP contribution < -0.4 is 4.74 Å². The summed E-state index contributed by atoms with van der Waals surface area (Å²) in [6.07, 6.45) is 1.44. The van der Waals surface area contributed by atoms with Crippen molar-refractivity contribution in [2.45, 2.75) is 12.8 Å². The molecule has 1 aliphatic rings. The van der Waals surface area contributed by atoms with Gasteiger partial charge in [-0.3, -0.25) is 14.7 Å². The molecule has 1 fully saturated rings. The quantitative estimate of drug-likeness (QED) is 0.650. The Hall–Kier alpha value is -3.48.